The second kappa shape index (κ2) is 5.36. The Balaban J connectivity index is 2.59. The maximum Gasteiger partial charge on any atom is 0.169 e. The van der Waals surface area contributed by atoms with Crippen molar-refractivity contribution in [2.45, 2.75) is 20.0 Å². The number of rotatable bonds is 3. The molecule has 0 bridgehead atoms. The monoisotopic (exact) mass is 371 g/mol. The molecule has 94 valence electrons. The molecule has 0 N–H and O–H groups in total. The molecule has 2 rings (SSSR count). The Bertz CT molecular complexity index is 613. The van der Waals surface area contributed by atoms with E-state index in [1.54, 1.807) is 13.1 Å². The molecule has 0 saturated heterocycles. The van der Waals surface area contributed by atoms with Gasteiger partial charge < -0.3 is 4.74 Å². The van der Waals surface area contributed by atoms with Crippen LogP contribution >= 0.6 is 31.9 Å². The van der Waals surface area contributed by atoms with Crippen molar-refractivity contribution in [1.29, 1.82) is 0 Å². The SMILES string of the molecule is CC(=O)[C@H](C)Oc1c(Br)cc(Br)c2cccnc12. The normalized spacial score (nSPS) is 12.4. The summed E-state index contributed by atoms with van der Waals surface area (Å²) < 4.78 is 7.40. The van der Waals surface area contributed by atoms with Crippen LogP contribution in [0.5, 0.6) is 5.75 Å². The Labute approximate surface area is 122 Å². The Morgan fingerprint density at radius 3 is 2.78 bits per heavy atom. The molecule has 1 aromatic heterocycles. The highest BCUT2D eigenvalue weighted by Gasteiger charge is 2.16. The van der Waals surface area contributed by atoms with E-state index in [0.29, 0.717) is 5.75 Å². The minimum atomic E-state index is -0.493. The van der Waals surface area contributed by atoms with Gasteiger partial charge in [-0.25, -0.2) is 0 Å². The van der Waals surface area contributed by atoms with Gasteiger partial charge >= 0.3 is 0 Å². The number of aromatic nitrogens is 1. The van der Waals surface area contributed by atoms with Crippen LogP contribution in [0, 0.1) is 0 Å². The van der Waals surface area contributed by atoms with Crippen molar-refractivity contribution in [3.63, 3.8) is 0 Å². The predicted octanol–water partition coefficient (Wildman–Crippen LogP) is 4.12. The second-order valence-corrected chi connectivity index (χ2v) is 5.65. The molecule has 2 aromatic rings. The number of carbonyl (C=O) groups is 1. The fraction of sp³-hybridized carbons (Fsp3) is 0.231. The molecule has 0 aliphatic rings. The molecule has 0 fully saturated rings. The van der Waals surface area contributed by atoms with E-state index in [2.05, 4.69) is 36.8 Å². The second-order valence-electron chi connectivity index (χ2n) is 3.94. The summed E-state index contributed by atoms with van der Waals surface area (Å²) in [5.41, 5.74) is 0.729. The Morgan fingerprint density at radius 1 is 1.39 bits per heavy atom. The molecule has 5 heteroatoms. The average molecular weight is 373 g/mol. The topological polar surface area (TPSA) is 39.2 Å². The molecule has 0 aliphatic carbocycles. The van der Waals surface area contributed by atoms with Crippen LogP contribution in [0.15, 0.2) is 33.3 Å². The number of Topliss-reactive ketones (excluding diaryl/α,β-unsaturated/α-hetero) is 1. The maximum absolute atomic E-state index is 11.3. The molecule has 0 saturated carbocycles. The molecule has 18 heavy (non-hydrogen) atoms. The van der Waals surface area contributed by atoms with E-state index in [-0.39, 0.29) is 5.78 Å². The van der Waals surface area contributed by atoms with E-state index < -0.39 is 6.10 Å². The summed E-state index contributed by atoms with van der Waals surface area (Å²) in [6.07, 6.45) is 1.21. The third kappa shape index (κ3) is 2.57. The molecule has 0 amide bonds. The van der Waals surface area contributed by atoms with Gasteiger partial charge in [0.15, 0.2) is 17.6 Å². The van der Waals surface area contributed by atoms with E-state index in [9.17, 15) is 4.79 Å². The van der Waals surface area contributed by atoms with Crippen molar-refractivity contribution in [3.05, 3.63) is 33.3 Å². The van der Waals surface area contributed by atoms with Crippen LogP contribution < -0.4 is 4.74 Å². The van der Waals surface area contributed by atoms with Gasteiger partial charge in [0.2, 0.25) is 0 Å². The van der Waals surface area contributed by atoms with E-state index in [1.165, 1.54) is 6.92 Å². The molecule has 1 atom stereocenters. The van der Waals surface area contributed by atoms with E-state index in [1.807, 2.05) is 18.2 Å². The lowest BCUT2D eigenvalue weighted by Gasteiger charge is -2.15. The number of halogens is 2. The lowest BCUT2D eigenvalue weighted by molar-refractivity contribution is -0.122. The predicted molar refractivity (Wildman–Crippen MR) is 77.9 cm³/mol. The van der Waals surface area contributed by atoms with Crippen LogP contribution in [0.25, 0.3) is 10.9 Å². The highest BCUT2D eigenvalue weighted by Crippen LogP contribution is 2.37. The summed E-state index contributed by atoms with van der Waals surface area (Å²) in [6.45, 7) is 3.23. The highest BCUT2D eigenvalue weighted by atomic mass is 79.9. The first-order valence-corrected chi connectivity index (χ1v) is 6.99. The molecule has 3 nitrogen and oxygen atoms in total. The number of benzene rings is 1. The van der Waals surface area contributed by atoms with Gasteiger partial charge in [-0.2, -0.15) is 0 Å². The molecule has 0 spiro atoms. The molecular formula is C13H11Br2NO2. The van der Waals surface area contributed by atoms with E-state index in [0.717, 1.165) is 19.8 Å². The van der Waals surface area contributed by atoms with Crippen molar-refractivity contribution in [2.75, 3.05) is 0 Å². The van der Waals surface area contributed by atoms with Crippen molar-refractivity contribution in [3.8, 4) is 5.75 Å². The van der Waals surface area contributed by atoms with Gasteiger partial charge in [-0.3, -0.25) is 9.78 Å². The first-order chi connectivity index (χ1) is 8.50. The average Bonchev–Trinajstić information content (AvgIpc) is 2.34. The summed E-state index contributed by atoms with van der Waals surface area (Å²) >= 11 is 6.92. The van der Waals surface area contributed by atoms with Crippen LogP contribution in [0.2, 0.25) is 0 Å². The highest BCUT2D eigenvalue weighted by molar-refractivity contribution is 9.11. The molecule has 0 radical (unpaired) electrons. The smallest absolute Gasteiger partial charge is 0.169 e. The van der Waals surface area contributed by atoms with Crippen LogP contribution in [0.4, 0.5) is 0 Å². The summed E-state index contributed by atoms with van der Waals surface area (Å²) in [5, 5.41) is 0.950. The van der Waals surface area contributed by atoms with Crippen LogP contribution in [-0.2, 0) is 4.79 Å². The van der Waals surface area contributed by atoms with Gasteiger partial charge in [0.1, 0.15) is 5.52 Å². The molecular weight excluding hydrogens is 362 g/mol. The van der Waals surface area contributed by atoms with E-state index >= 15 is 0 Å². The number of ketones is 1. The Hall–Kier alpha value is -0.940. The quantitative estimate of drug-likeness (QED) is 0.813. The van der Waals surface area contributed by atoms with Gasteiger partial charge in [0.05, 0.1) is 4.47 Å². The Morgan fingerprint density at radius 2 is 2.11 bits per heavy atom. The summed E-state index contributed by atoms with van der Waals surface area (Å²) in [7, 11) is 0. The number of carbonyl (C=O) groups excluding carboxylic acids is 1. The lowest BCUT2D eigenvalue weighted by Crippen LogP contribution is -2.21. The third-order valence-corrected chi connectivity index (χ3v) is 3.86. The van der Waals surface area contributed by atoms with Crippen LogP contribution in [0.3, 0.4) is 0 Å². The van der Waals surface area contributed by atoms with Crippen LogP contribution in [-0.4, -0.2) is 16.9 Å². The lowest BCUT2D eigenvalue weighted by atomic mass is 10.2. The fourth-order valence-electron chi connectivity index (χ4n) is 1.52. The number of ether oxygens (including phenoxy) is 1. The van der Waals surface area contributed by atoms with Gasteiger partial charge in [-0.1, -0.05) is 22.0 Å². The molecule has 1 heterocycles. The van der Waals surface area contributed by atoms with Crippen LogP contribution in [0.1, 0.15) is 13.8 Å². The first-order valence-electron chi connectivity index (χ1n) is 5.40. The zero-order valence-electron chi connectivity index (χ0n) is 9.91. The largest absolute Gasteiger partial charge is 0.479 e. The van der Waals surface area contributed by atoms with Crippen molar-refractivity contribution >= 4 is 48.5 Å². The van der Waals surface area contributed by atoms with Crippen molar-refractivity contribution in [2.24, 2.45) is 0 Å². The number of fused-ring (bicyclic) bond motifs is 1. The zero-order valence-corrected chi connectivity index (χ0v) is 13.1. The number of pyridine rings is 1. The molecule has 0 unspecified atom stereocenters. The van der Waals surface area contributed by atoms with Gasteiger partial charge in [-0.15, -0.1) is 0 Å². The minimum absolute atomic E-state index is 0.0195. The van der Waals surface area contributed by atoms with Gasteiger partial charge in [0, 0.05) is 16.1 Å². The molecule has 0 aliphatic heterocycles. The van der Waals surface area contributed by atoms with Gasteiger partial charge in [-0.05, 0) is 41.9 Å². The summed E-state index contributed by atoms with van der Waals surface area (Å²) in [6, 6.07) is 5.70. The molecule has 1 aromatic carbocycles. The van der Waals surface area contributed by atoms with Crippen molar-refractivity contribution < 1.29 is 9.53 Å². The fourth-order valence-corrected chi connectivity index (χ4v) is 2.88. The first kappa shape index (κ1) is 13.5. The van der Waals surface area contributed by atoms with Gasteiger partial charge in [0.25, 0.3) is 0 Å². The summed E-state index contributed by atoms with van der Waals surface area (Å²) in [5.74, 6) is 0.574. The Kier molecular flexibility index (Phi) is 4.02. The maximum atomic E-state index is 11.3. The number of hydrogen-bond acceptors (Lipinski definition) is 3. The number of hydrogen-bond donors (Lipinski definition) is 0. The summed E-state index contributed by atoms with van der Waals surface area (Å²) in [4.78, 5) is 15.6. The third-order valence-electron chi connectivity index (χ3n) is 2.62. The number of nitrogens with zero attached hydrogens (tertiary/aromatic N) is 1. The standard InChI is InChI=1S/C13H11Br2NO2/c1-7(17)8(2)18-13-11(15)6-10(14)9-4-3-5-16-12(9)13/h3-6,8H,1-2H3/t8-/m0/s1. The minimum Gasteiger partial charge on any atom is -0.479 e. The zero-order chi connectivity index (χ0) is 13.3. The van der Waals surface area contributed by atoms with Crippen molar-refractivity contribution in [1.82, 2.24) is 4.98 Å². The van der Waals surface area contributed by atoms with E-state index in [4.69, 9.17) is 4.74 Å².